The molecule has 0 aliphatic rings. The van der Waals surface area contributed by atoms with Crippen molar-refractivity contribution in [3.05, 3.63) is 76.3 Å². The van der Waals surface area contributed by atoms with E-state index in [0.29, 0.717) is 42.5 Å². The summed E-state index contributed by atoms with van der Waals surface area (Å²) in [5, 5.41) is 3.52. The van der Waals surface area contributed by atoms with Gasteiger partial charge in [-0.1, -0.05) is 42.5 Å². The molecule has 0 radical (unpaired) electrons. The van der Waals surface area contributed by atoms with Crippen molar-refractivity contribution in [2.45, 2.75) is 25.7 Å². The second-order valence-corrected chi connectivity index (χ2v) is 5.97. The van der Waals surface area contributed by atoms with Crippen LogP contribution in [0.15, 0.2) is 59.4 Å². The van der Waals surface area contributed by atoms with Gasteiger partial charge in [-0.3, -0.25) is 9.59 Å². The van der Waals surface area contributed by atoms with E-state index in [1.54, 1.807) is 6.07 Å². The summed E-state index contributed by atoms with van der Waals surface area (Å²) < 4.78 is 0. The third-order valence-electron chi connectivity index (χ3n) is 4.06. The Morgan fingerprint density at radius 2 is 1.76 bits per heavy atom. The summed E-state index contributed by atoms with van der Waals surface area (Å²) in [4.78, 5) is 31.1. The maximum Gasteiger partial charge on any atom is 0.258 e. The first-order valence-corrected chi connectivity index (χ1v) is 8.51. The second-order valence-electron chi connectivity index (χ2n) is 5.97. The molecule has 0 bridgehead atoms. The van der Waals surface area contributed by atoms with E-state index in [1.807, 2.05) is 48.5 Å². The highest BCUT2D eigenvalue weighted by atomic mass is 16.1. The fourth-order valence-corrected chi connectivity index (χ4v) is 2.75. The van der Waals surface area contributed by atoms with Crippen LogP contribution in [0.1, 0.15) is 24.2 Å². The highest BCUT2D eigenvalue weighted by Gasteiger charge is 2.05. The van der Waals surface area contributed by atoms with Crippen LogP contribution in [-0.4, -0.2) is 22.4 Å². The number of aromatic nitrogens is 2. The van der Waals surface area contributed by atoms with Crippen LogP contribution in [0.2, 0.25) is 0 Å². The molecule has 5 heteroatoms. The van der Waals surface area contributed by atoms with Crippen LogP contribution in [0, 0.1) is 0 Å². The molecular weight excluding hydrogens is 314 g/mol. The average molecular weight is 335 g/mol. The number of aromatic amines is 1. The smallest absolute Gasteiger partial charge is 0.258 e. The van der Waals surface area contributed by atoms with Gasteiger partial charge < -0.3 is 10.3 Å². The first-order valence-electron chi connectivity index (χ1n) is 8.51. The molecule has 0 aliphatic heterocycles. The van der Waals surface area contributed by atoms with E-state index in [-0.39, 0.29) is 11.5 Å². The second kappa shape index (κ2) is 8.24. The van der Waals surface area contributed by atoms with E-state index in [0.717, 1.165) is 6.42 Å². The molecule has 1 aromatic heterocycles. The third kappa shape index (κ3) is 4.76. The molecule has 0 fully saturated rings. The number of para-hydroxylation sites is 1. The zero-order chi connectivity index (χ0) is 17.5. The van der Waals surface area contributed by atoms with Gasteiger partial charge in [-0.15, -0.1) is 0 Å². The van der Waals surface area contributed by atoms with Crippen LogP contribution in [0.5, 0.6) is 0 Å². The van der Waals surface area contributed by atoms with Gasteiger partial charge in [-0.25, -0.2) is 4.98 Å². The van der Waals surface area contributed by atoms with Crippen molar-refractivity contribution in [1.29, 1.82) is 0 Å². The van der Waals surface area contributed by atoms with Crippen molar-refractivity contribution in [2.75, 3.05) is 6.54 Å². The molecule has 3 aromatic rings. The molecule has 0 spiro atoms. The summed E-state index contributed by atoms with van der Waals surface area (Å²) in [7, 11) is 0. The normalized spacial score (nSPS) is 10.7. The lowest BCUT2D eigenvalue weighted by molar-refractivity contribution is -0.121. The van der Waals surface area contributed by atoms with Gasteiger partial charge in [-0.2, -0.15) is 0 Å². The number of aryl methyl sites for hydroxylation is 1. The standard InChI is InChI=1S/C20H21N3O2/c24-19(21-14-13-15-7-2-1-3-8-15)12-6-11-18-22-17-10-5-4-9-16(17)20(25)23-18/h1-5,7-10H,6,11-14H2,(H,21,24)(H,22,23,25). The summed E-state index contributed by atoms with van der Waals surface area (Å²) >= 11 is 0. The van der Waals surface area contributed by atoms with Crippen LogP contribution in [0.3, 0.4) is 0 Å². The van der Waals surface area contributed by atoms with Gasteiger partial charge in [0.2, 0.25) is 5.91 Å². The highest BCUT2D eigenvalue weighted by Crippen LogP contribution is 2.07. The Labute approximate surface area is 146 Å². The minimum Gasteiger partial charge on any atom is -0.356 e. The van der Waals surface area contributed by atoms with Crippen molar-refractivity contribution in [1.82, 2.24) is 15.3 Å². The maximum atomic E-state index is 12.0. The predicted octanol–water partition coefficient (Wildman–Crippen LogP) is 2.60. The van der Waals surface area contributed by atoms with Crippen molar-refractivity contribution in [2.24, 2.45) is 0 Å². The number of nitrogens with one attached hydrogen (secondary N) is 2. The minimum absolute atomic E-state index is 0.0269. The van der Waals surface area contributed by atoms with E-state index in [4.69, 9.17) is 0 Å². The molecule has 3 rings (SSSR count). The predicted molar refractivity (Wildman–Crippen MR) is 98.5 cm³/mol. The zero-order valence-corrected chi connectivity index (χ0v) is 14.0. The van der Waals surface area contributed by atoms with E-state index >= 15 is 0 Å². The van der Waals surface area contributed by atoms with E-state index in [2.05, 4.69) is 15.3 Å². The average Bonchev–Trinajstić information content (AvgIpc) is 2.63. The van der Waals surface area contributed by atoms with E-state index in [1.165, 1.54) is 5.56 Å². The van der Waals surface area contributed by atoms with Gasteiger partial charge in [0, 0.05) is 19.4 Å². The number of carbonyl (C=O) groups excluding carboxylic acids is 1. The fraction of sp³-hybridized carbons (Fsp3) is 0.250. The quantitative estimate of drug-likeness (QED) is 0.697. The Morgan fingerprint density at radius 3 is 2.60 bits per heavy atom. The van der Waals surface area contributed by atoms with Gasteiger partial charge in [0.15, 0.2) is 0 Å². The molecule has 2 N–H and O–H groups in total. The molecule has 1 amide bonds. The number of amides is 1. The molecule has 0 aliphatic carbocycles. The number of fused-ring (bicyclic) bond motifs is 1. The third-order valence-corrected chi connectivity index (χ3v) is 4.06. The Balaban J connectivity index is 1.45. The molecule has 128 valence electrons. The molecular formula is C20H21N3O2. The summed E-state index contributed by atoms with van der Waals surface area (Å²) in [6, 6.07) is 17.3. The Bertz CT molecular complexity index is 903. The number of hydrogen-bond acceptors (Lipinski definition) is 3. The number of rotatable bonds is 7. The topological polar surface area (TPSA) is 74.8 Å². The molecule has 5 nitrogen and oxygen atoms in total. The molecule has 0 unspecified atom stereocenters. The van der Waals surface area contributed by atoms with Gasteiger partial charge in [-0.05, 0) is 30.5 Å². The molecule has 0 saturated carbocycles. The van der Waals surface area contributed by atoms with Crippen LogP contribution in [-0.2, 0) is 17.6 Å². The monoisotopic (exact) mass is 335 g/mol. The Kier molecular flexibility index (Phi) is 5.57. The minimum atomic E-state index is -0.132. The Hall–Kier alpha value is -2.95. The SMILES string of the molecule is O=C(CCCc1nc2ccccc2c(=O)[nH]1)NCCc1ccccc1. The lowest BCUT2D eigenvalue weighted by Gasteiger charge is -2.06. The summed E-state index contributed by atoms with van der Waals surface area (Å²) in [5.74, 6) is 0.653. The first kappa shape index (κ1) is 16.9. The Morgan fingerprint density at radius 1 is 1.00 bits per heavy atom. The molecule has 0 saturated heterocycles. The first-order chi connectivity index (χ1) is 12.2. The summed E-state index contributed by atoms with van der Waals surface area (Å²) in [5.41, 5.74) is 1.77. The molecule has 25 heavy (non-hydrogen) atoms. The van der Waals surface area contributed by atoms with Gasteiger partial charge in [0.25, 0.3) is 5.56 Å². The van der Waals surface area contributed by atoms with Crippen LogP contribution < -0.4 is 10.9 Å². The van der Waals surface area contributed by atoms with Crippen LogP contribution >= 0.6 is 0 Å². The molecule has 2 aromatic carbocycles. The van der Waals surface area contributed by atoms with Crippen molar-refractivity contribution < 1.29 is 4.79 Å². The van der Waals surface area contributed by atoms with Crippen LogP contribution in [0.4, 0.5) is 0 Å². The van der Waals surface area contributed by atoms with Crippen LogP contribution in [0.25, 0.3) is 10.9 Å². The number of hydrogen-bond donors (Lipinski definition) is 2. The number of H-pyrrole nitrogens is 1. The van der Waals surface area contributed by atoms with Crippen molar-refractivity contribution in [3.63, 3.8) is 0 Å². The lowest BCUT2D eigenvalue weighted by atomic mass is 10.1. The largest absolute Gasteiger partial charge is 0.356 e. The fourth-order valence-electron chi connectivity index (χ4n) is 2.75. The van der Waals surface area contributed by atoms with Crippen molar-refractivity contribution in [3.8, 4) is 0 Å². The van der Waals surface area contributed by atoms with Gasteiger partial charge >= 0.3 is 0 Å². The molecule has 0 atom stereocenters. The van der Waals surface area contributed by atoms with E-state index in [9.17, 15) is 9.59 Å². The van der Waals surface area contributed by atoms with Crippen molar-refractivity contribution >= 4 is 16.8 Å². The summed E-state index contributed by atoms with van der Waals surface area (Å²) in [6.45, 7) is 0.633. The maximum absolute atomic E-state index is 12.0. The van der Waals surface area contributed by atoms with Gasteiger partial charge in [0.1, 0.15) is 5.82 Å². The zero-order valence-electron chi connectivity index (χ0n) is 14.0. The number of carbonyl (C=O) groups is 1. The lowest BCUT2D eigenvalue weighted by Crippen LogP contribution is -2.25. The van der Waals surface area contributed by atoms with E-state index < -0.39 is 0 Å². The number of nitrogens with zero attached hydrogens (tertiary/aromatic N) is 1. The number of benzene rings is 2. The summed E-state index contributed by atoms with van der Waals surface area (Å²) in [6.07, 6.45) is 2.47. The molecule has 1 heterocycles. The highest BCUT2D eigenvalue weighted by molar-refractivity contribution is 5.77. The van der Waals surface area contributed by atoms with Gasteiger partial charge in [0.05, 0.1) is 10.9 Å².